The lowest BCUT2D eigenvalue weighted by molar-refractivity contribution is -0.148. The molecule has 18 heavy (non-hydrogen) atoms. The predicted octanol–water partition coefficient (Wildman–Crippen LogP) is 3.38. The number of rotatable bonds is 7. The van der Waals surface area contributed by atoms with Crippen LogP contribution in [0.1, 0.15) is 61.8 Å². The van der Waals surface area contributed by atoms with E-state index in [4.69, 9.17) is 4.74 Å². The summed E-state index contributed by atoms with van der Waals surface area (Å²) in [6.45, 7) is 16.2. The third-order valence-electron chi connectivity index (χ3n) is 2.92. The number of nitrogens with one attached hydrogen (secondary N) is 1. The molecule has 1 unspecified atom stereocenters. The molecule has 0 fully saturated rings. The van der Waals surface area contributed by atoms with E-state index in [0.29, 0.717) is 11.8 Å². The van der Waals surface area contributed by atoms with Crippen LogP contribution in [0.25, 0.3) is 0 Å². The summed E-state index contributed by atoms with van der Waals surface area (Å²) in [4.78, 5) is 12.3. The van der Waals surface area contributed by atoms with E-state index >= 15 is 0 Å². The molecule has 0 spiro atoms. The van der Waals surface area contributed by atoms with E-state index in [-0.39, 0.29) is 18.1 Å². The van der Waals surface area contributed by atoms with Gasteiger partial charge in [-0.3, -0.25) is 4.79 Å². The molecule has 1 atom stereocenters. The molecule has 0 saturated carbocycles. The van der Waals surface area contributed by atoms with Gasteiger partial charge in [0.2, 0.25) is 0 Å². The van der Waals surface area contributed by atoms with Gasteiger partial charge in [0.05, 0.1) is 6.10 Å². The molecule has 0 aliphatic heterocycles. The fraction of sp³-hybridized carbons (Fsp3) is 0.933. The van der Waals surface area contributed by atoms with Gasteiger partial charge < -0.3 is 10.1 Å². The van der Waals surface area contributed by atoms with E-state index in [1.165, 1.54) is 0 Å². The molecular weight excluding hydrogens is 226 g/mol. The van der Waals surface area contributed by atoms with Gasteiger partial charge in [-0.25, -0.2) is 0 Å². The molecule has 0 aromatic carbocycles. The summed E-state index contributed by atoms with van der Waals surface area (Å²) < 4.78 is 5.67. The van der Waals surface area contributed by atoms with Crippen molar-refractivity contribution in [1.29, 1.82) is 0 Å². The molecule has 1 amide bonds. The highest BCUT2D eigenvalue weighted by atomic mass is 16.5. The maximum Gasteiger partial charge on any atom is 0.251 e. The normalized spacial score (nSPS) is 14.4. The predicted molar refractivity (Wildman–Crippen MR) is 76.5 cm³/mol. The third kappa shape index (κ3) is 6.39. The van der Waals surface area contributed by atoms with Crippen molar-refractivity contribution in [1.82, 2.24) is 5.32 Å². The summed E-state index contributed by atoms with van der Waals surface area (Å²) in [6.07, 6.45) is 1.05. The van der Waals surface area contributed by atoms with E-state index in [9.17, 15) is 4.79 Å². The van der Waals surface area contributed by atoms with Crippen LogP contribution in [0, 0.1) is 11.8 Å². The van der Waals surface area contributed by atoms with Gasteiger partial charge in [0, 0.05) is 6.04 Å². The minimum Gasteiger partial charge on any atom is -0.363 e. The maximum absolute atomic E-state index is 12.3. The van der Waals surface area contributed by atoms with E-state index in [1.807, 2.05) is 27.7 Å². The molecule has 0 aromatic heterocycles. The average Bonchev–Trinajstić information content (AvgIpc) is 2.13. The van der Waals surface area contributed by atoms with Crippen molar-refractivity contribution in [3.63, 3.8) is 0 Å². The Bertz CT molecular complexity index is 257. The van der Waals surface area contributed by atoms with E-state index in [2.05, 4.69) is 33.0 Å². The molecule has 108 valence electrons. The summed E-state index contributed by atoms with van der Waals surface area (Å²) in [6, 6.07) is 0.215. The molecule has 0 aliphatic rings. The maximum atomic E-state index is 12.3. The Hall–Kier alpha value is -0.570. The van der Waals surface area contributed by atoms with Crippen molar-refractivity contribution in [2.24, 2.45) is 11.8 Å². The highest BCUT2D eigenvalue weighted by Gasteiger charge is 2.31. The largest absolute Gasteiger partial charge is 0.363 e. The Kier molecular flexibility index (Phi) is 6.90. The molecule has 0 aromatic rings. The lowest BCUT2D eigenvalue weighted by Gasteiger charge is -2.31. The molecule has 0 bridgehead atoms. The Morgan fingerprint density at radius 1 is 1.11 bits per heavy atom. The van der Waals surface area contributed by atoms with Crippen LogP contribution in [0.5, 0.6) is 0 Å². The second-order valence-electron chi connectivity index (χ2n) is 6.63. The second kappa shape index (κ2) is 7.13. The van der Waals surface area contributed by atoms with Gasteiger partial charge in [-0.05, 0) is 46.0 Å². The van der Waals surface area contributed by atoms with Crippen LogP contribution in [0.15, 0.2) is 0 Å². The SMILES string of the molecule is CC(C)CC(NC(=O)C(C)(C)OC(C)C)C(C)C. The summed E-state index contributed by atoms with van der Waals surface area (Å²) >= 11 is 0. The van der Waals surface area contributed by atoms with Crippen molar-refractivity contribution in [2.45, 2.75) is 79.6 Å². The fourth-order valence-corrected chi connectivity index (χ4v) is 1.99. The second-order valence-corrected chi connectivity index (χ2v) is 6.63. The minimum absolute atomic E-state index is 0.0180. The van der Waals surface area contributed by atoms with E-state index < -0.39 is 5.60 Å². The number of ether oxygens (including phenoxy) is 1. The van der Waals surface area contributed by atoms with Gasteiger partial charge >= 0.3 is 0 Å². The molecule has 0 saturated heterocycles. The van der Waals surface area contributed by atoms with Gasteiger partial charge in [0.15, 0.2) is 0 Å². The zero-order valence-electron chi connectivity index (χ0n) is 13.3. The number of carbonyl (C=O) groups excluding carboxylic acids is 1. The van der Waals surface area contributed by atoms with Gasteiger partial charge in [0.1, 0.15) is 5.60 Å². The van der Waals surface area contributed by atoms with Crippen molar-refractivity contribution in [3.8, 4) is 0 Å². The monoisotopic (exact) mass is 257 g/mol. The van der Waals surface area contributed by atoms with Crippen LogP contribution in [-0.2, 0) is 9.53 Å². The average molecular weight is 257 g/mol. The standard InChI is InChI=1S/C15H31NO2/c1-10(2)9-13(11(3)4)16-14(17)15(7,8)18-12(5)6/h10-13H,9H2,1-8H3,(H,16,17). The van der Waals surface area contributed by atoms with Gasteiger partial charge in [-0.2, -0.15) is 0 Å². The number of amides is 1. The number of hydrogen-bond acceptors (Lipinski definition) is 2. The zero-order valence-corrected chi connectivity index (χ0v) is 13.3. The van der Waals surface area contributed by atoms with Crippen LogP contribution in [-0.4, -0.2) is 23.7 Å². The molecule has 0 aliphatic carbocycles. The first-order valence-electron chi connectivity index (χ1n) is 7.05. The van der Waals surface area contributed by atoms with E-state index in [1.54, 1.807) is 0 Å². The molecule has 3 nitrogen and oxygen atoms in total. The first-order valence-corrected chi connectivity index (χ1v) is 7.05. The Morgan fingerprint density at radius 2 is 1.61 bits per heavy atom. The molecule has 0 rings (SSSR count). The zero-order chi connectivity index (χ0) is 14.5. The molecule has 1 N–H and O–H groups in total. The summed E-state index contributed by atoms with van der Waals surface area (Å²) in [7, 11) is 0. The van der Waals surface area contributed by atoms with Crippen molar-refractivity contribution >= 4 is 5.91 Å². The highest BCUT2D eigenvalue weighted by Crippen LogP contribution is 2.17. The van der Waals surface area contributed by atoms with Crippen LogP contribution in [0.3, 0.4) is 0 Å². The lowest BCUT2D eigenvalue weighted by atomic mass is 9.93. The van der Waals surface area contributed by atoms with Crippen molar-refractivity contribution in [2.75, 3.05) is 0 Å². The Labute approximate surface area is 113 Å². The van der Waals surface area contributed by atoms with Crippen LogP contribution in [0.2, 0.25) is 0 Å². The van der Waals surface area contributed by atoms with Crippen molar-refractivity contribution < 1.29 is 9.53 Å². The molecular formula is C15H31NO2. The number of hydrogen-bond donors (Lipinski definition) is 1. The Balaban J connectivity index is 4.58. The van der Waals surface area contributed by atoms with Crippen LogP contribution < -0.4 is 5.32 Å². The minimum atomic E-state index is -0.766. The lowest BCUT2D eigenvalue weighted by Crippen LogP contribution is -2.50. The summed E-state index contributed by atoms with van der Waals surface area (Å²) in [5.41, 5.74) is -0.766. The van der Waals surface area contributed by atoms with Gasteiger partial charge in [-0.15, -0.1) is 0 Å². The quantitative estimate of drug-likeness (QED) is 0.759. The first-order chi connectivity index (χ1) is 8.06. The van der Waals surface area contributed by atoms with Crippen LogP contribution in [0.4, 0.5) is 0 Å². The fourth-order valence-electron chi connectivity index (χ4n) is 1.99. The highest BCUT2D eigenvalue weighted by molar-refractivity contribution is 5.84. The smallest absolute Gasteiger partial charge is 0.251 e. The molecule has 0 heterocycles. The summed E-state index contributed by atoms with van der Waals surface area (Å²) in [5, 5.41) is 3.13. The third-order valence-corrected chi connectivity index (χ3v) is 2.92. The van der Waals surface area contributed by atoms with Crippen molar-refractivity contribution in [3.05, 3.63) is 0 Å². The van der Waals surface area contributed by atoms with Crippen LogP contribution >= 0.6 is 0 Å². The topological polar surface area (TPSA) is 38.3 Å². The molecule has 3 heteroatoms. The Morgan fingerprint density at radius 3 is 1.94 bits per heavy atom. The number of carbonyl (C=O) groups is 1. The van der Waals surface area contributed by atoms with Gasteiger partial charge in [0.25, 0.3) is 5.91 Å². The van der Waals surface area contributed by atoms with Gasteiger partial charge in [-0.1, -0.05) is 27.7 Å². The first kappa shape index (κ1) is 17.4. The molecule has 0 radical (unpaired) electrons. The van der Waals surface area contributed by atoms with E-state index in [0.717, 1.165) is 6.42 Å². The summed E-state index contributed by atoms with van der Waals surface area (Å²) in [5.74, 6) is 0.994.